The Bertz CT molecular complexity index is 564. The molecule has 0 aliphatic carbocycles. The van der Waals surface area contributed by atoms with Gasteiger partial charge in [0.25, 0.3) is 0 Å². The van der Waals surface area contributed by atoms with Crippen molar-refractivity contribution in [1.82, 2.24) is 10.2 Å². The molecular weight excluding hydrogens is 300 g/mol. The van der Waals surface area contributed by atoms with E-state index >= 15 is 0 Å². The highest BCUT2D eigenvalue weighted by molar-refractivity contribution is 5.79. The van der Waals surface area contributed by atoms with Crippen LogP contribution in [0.1, 0.15) is 51.2 Å². The highest BCUT2D eigenvalue weighted by Crippen LogP contribution is 2.21. The molecule has 4 nitrogen and oxygen atoms in total. The fourth-order valence-electron chi connectivity index (χ4n) is 3.01. The van der Waals surface area contributed by atoms with Gasteiger partial charge in [-0.25, -0.2) is 0 Å². The number of nitrogens with one attached hydrogen (secondary N) is 1. The smallest absolute Gasteiger partial charge is 0.224 e. The molecule has 0 radical (unpaired) electrons. The van der Waals surface area contributed by atoms with Crippen molar-refractivity contribution in [2.24, 2.45) is 5.41 Å². The quantitative estimate of drug-likeness (QED) is 0.922. The first kappa shape index (κ1) is 18.5. The third kappa shape index (κ3) is 5.99. The zero-order valence-electron chi connectivity index (χ0n) is 15.4. The van der Waals surface area contributed by atoms with Gasteiger partial charge in [0.15, 0.2) is 0 Å². The van der Waals surface area contributed by atoms with E-state index in [1.807, 2.05) is 36.1 Å². The van der Waals surface area contributed by atoms with Crippen molar-refractivity contribution in [1.29, 1.82) is 0 Å². The molecule has 1 heterocycles. The van der Waals surface area contributed by atoms with Crippen LogP contribution in [0.3, 0.4) is 0 Å². The normalized spacial score (nSPS) is 16.1. The van der Waals surface area contributed by atoms with Crippen LogP contribution in [0.5, 0.6) is 0 Å². The van der Waals surface area contributed by atoms with E-state index in [0.717, 1.165) is 31.5 Å². The van der Waals surface area contributed by atoms with E-state index in [1.165, 1.54) is 5.56 Å². The molecule has 24 heavy (non-hydrogen) atoms. The Labute approximate surface area is 145 Å². The molecule has 1 aliphatic rings. The van der Waals surface area contributed by atoms with Gasteiger partial charge in [-0.3, -0.25) is 9.59 Å². The Hall–Kier alpha value is -1.84. The largest absolute Gasteiger partial charge is 0.353 e. The van der Waals surface area contributed by atoms with Crippen LogP contribution < -0.4 is 5.32 Å². The number of carbonyl (C=O) groups excluding carboxylic acids is 2. The van der Waals surface area contributed by atoms with Crippen LogP contribution in [0.25, 0.3) is 0 Å². The molecule has 1 N–H and O–H groups in total. The number of piperidine rings is 1. The van der Waals surface area contributed by atoms with Gasteiger partial charge in [0.05, 0.1) is 6.42 Å². The van der Waals surface area contributed by atoms with Crippen LogP contribution in [0.15, 0.2) is 24.3 Å². The van der Waals surface area contributed by atoms with Crippen LogP contribution in [-0.2, 0) is 16.0 Å². The molecule has 2 rings (SSSR count). The molecule has 1 aromatic rings. The lowest BCUT2D eigenvalue weighted by Crippen LogP contribution is -2.47. The molecule has 0 bridgehead atoms. The number of carbonyl (C=O) groups is 2. The summed E-state index contributed by atoms with van der Waals surface area (Å²) in [7, 11) is 0. The lowest BCUT2D eigenvalue weighted by molar-refractivity contribution is -0.134. The second-order valence-electron chi connectivity index (χ2n) is 8.12. The zero-order chi connectivity index (χ0) is 17.7. The van der Waals surface area contributed by atoms with Crippen molar-refractivity contribution in [2.75, 3.05) is 13.1 Å². The highest BCUT2D eigenvalue weighted by Gasteiger charge is 2.26. The fraction of sp³-hybridized carbons (Fsp3) is 0.600. The molecule has 132 valence electrons. The summed E-state index contributed by atoms with van der Waals surface area (Å²) >= 11 is 0. The van der Waals surface area contributed by atoms with Crippen LogP contribution in [0.2, 0.25) is 0 Å². The second-order valence-corrected chi connectivity index (χ2v) is 8.12. The number of hydrogen-bond acceptors (Lipinski definition) is 2. The van der Waals surface area contributed by atoms with Crippen molar-refractivity contribution < 1.29 is 9.59 Å². The molecule has 1 aliphatic heterocycles. The molecule has 1 saturated heterocycles. The second kappa shape index (κ2) is 7.82. The van der Waals surface area contributed by atoms with Crippen LogP contribution >= 0.6 is 0 Å². The number of rotatable bonds is 4. The minimum Gasteiger partial charge on any atom is -0.353 e. The van der Waals surface area contributed by atoms with Crippen LogP contribution in [0.4, 0.5) is 0 Å². The highest BCUT2D eigenvalue weighted by atomic mass is 16.2. The van der Waals surface area contributed by atoms with E-state index in [0.29, 0.717) is 12.8 Å². The predicted molar refractivity (Wildman–Crippen MR) is 96.7 cm³/mol. The van der Waals surface area contributed by atoms with E-state index in [-0.39, 0.29) is 23.3 Å². The monoisotopic (exact) mass is 330 g/mol. The number of nitrogens with zero attached hydrogens (tertiary/aromatic N) is 1. The summed E-state index contributed by atoms with van der Waals surface area (Å²) < 4.78 is 0. The summed E-state index contributed by atoms with van der Waals surface area (Å²) in [6.45, 7) is 9.78. The molecule has 0 spiro atoms. The van der Waals surface area contributed by atoms with E-state index in [9.17, 15) is 9.59 Å². The molecule has 4 heteroatoms. The number of benzene rings is 1. The first-order chi connectivity index (χ1) is 11.2. The van der Waals surface area contributed by atoms with Crippen LogP contribution in [0, 0.1) is 12.3 Å². The Balaban J connectivity index is 1.75. The van der Waals surface area contributed by atoms with E-state index in [2.05, 4.69) is 26.1 Å². The minimum absolute atomic E-state index is 0.0240. The van der Waals surface area contributed by atoms with Gasteiger partial charge in [-0.05, 0) is 30.7 Å². The fourth-order valence-corrected chi connectivity index (χ4v) is 3.01. The Kier molecular flexibility index (Phi) is 6.03. The number of aryl methyl sites for hydroxylation is 1. The average Bonchev–Trinajstić information content (AvgIpc) is 2.48. The summed E-state index contributed by atoms with van der Waals surface area (Å²) in [5, 5.41) is 3.11. The van der Waals surface area contributed by atoms with Gasteiger partial charge >= 0.3 is 0 Å². The molecule has 2 amide bonds. The number of amides is 2. The maximum Gasteiger partial charge on any atom is 0.224 e. The topological polar surface area (TPSA) is 49.4 Å². The standard InChI is InChI=1S/C20H30N2O2/c1-15-5-7-16(8-6-15)13-18(23)21-17-9-11-22(12-10-17)19(24)14-20(2,3)4/h5-8,17H,9-14H2,1-4H3,(H,21,23). The van der Waals surface area contributed by atoms with E-state index in [1.54, 1.807) is 0 Å². The van der Waals surface area contributed by atoms with Crippen molar-refractivity contribution in [3.8, 4) is 0 Å². The van der Waals surface area contributed by atoms with Gasteiger partial charge in [-0.15, -0.1) is 0 Å². The molecule has 0 atom stereocenters. The Morgan fingerprint density at radius 2 is 1.71 bits per heavy atom. The summed E-state index contributed by atoms with van der Waals surface area (Å²) in [5.74, 6) is 0.297. The first-order valence-corrected chi connectivity index (χ1v) is 8.86. The molecule has 1 aromatic carbocycles. The van der Waals surface area contributed by atoms with Gasteiger partial charge in [0, 0.05) is 25.6 Å². The predicted octanol–water partition coefficient (Wildman–Crippen LogP) is 3.08. The summed E-state index contributed by atoms with van der Waals surface area (Å²) in [6.07, 6.45) is 2.69. The Morgan fingerprint density at radius 3 is 2.25 bits per heavy atom. The first-order valence-electron chi connectivity index (χ1n) is 8.86. The number of likely N-dealkylation sites (tertiary alicyclic amines) is 1. The SMILES string of the molecule is Cc1ccc(CC(=O)NC2CCN(C(=O)CC(C)(C)C)CC2)cc1. The van der Waals surface area contributed by atoms with Crippen molar-refractivity contribution in [3.63, 3.8) is 0 Å². The lowest BCUT2D eigenvalue weighted by atomic mass is 9.91. The van der Waals surface area contributed by atoms with Crippen molar-refractivity contribution in [2.45, 2.75) is 59.4 Å². The van der Waals surface area contributed by atoms with E-state index in [4.69, 9.17) is 0 Å². The molecule has 0 saturated carbocycles. The van der Waals surface area contributed by atoms with Gasteiger partial charge in [0.1, 0.15) is 0 Å². The third-order valence-corrected chi connectivity index (χ3v) is 4.38. The third-order valence-electron chi connectivity index (χ3n) is 4.38. The van der Waals surface area contributed by atoms with E-state index < -0.39 is 0 Å². The van der Waals surface area contributed by atoms with Crippen LogP contribution in [-0.4, -0.2) is 35.8 Å². The average molecular weight is 330 g/mol. The zero-order valence-corrected chi connectivity index (χ0v) is 15.4. The maximum absolute atomic E-state index is 12.2. The van der Waals surface area contributed by atoms with Gasteiger partial charge < -0.3 is 10.2 Å². The summed E-state index contributed by atoms with van der Waals surface area (Å²) in [6, 6.07) is 8.25. The summed E-state index contributed by atoms with van der Waals surface area (Å²) in [5.41, 5.74) is 2.26. The minimum atomic E-state index is 0.0240. The Morgan fingerprint density at radius 1 is 1.12 bits per heavy atom. The summed E-state index contributed by atoms with van der Waals surface area (Å²) in [4.78, 5) is 26.4. The molecule has 0 unspecified atom stereocenters. The van der Waals surface area contributed by atoms with Gasteiger partial charge in [0.2, 0.25) is 11.8 Å². The van der Waals surface area contributed by atoms with Gasteiger partial charge in [-0.1, -0.05) is 50.6 Å². The van der Waals surface area contributed by atoms with Crippen molar-refractivity contribution >= 4 is 11.8 Å². The molecule has 1 fully saturated rings. The lowest BCUT2D eigenvalue weighted by Gasteiger charge is -2.34. The molecule has 0 aromatic heterocycles. The van der Waals surface area contributed by atoms with Crippen molar-refractivity contribution in [3.05, 3.63) is 35.4 Å². The number of hydrogen-bond donors (Lipinski definition) is 1. The molecular formula is C20H30N2O2. The maximum atomic E-state index is 12.2. The van der Waals surface area contributed by atoms with Gasteiger partial charge in [-0.2, -0.15) is 0 Å².